The van der Waals surface area contributed by atoms with Gasteiger partial charge in [-0.1, -0.05) is 18.6 Å². The first-order chi connectivity index (χ1) is 5.93. The fourth-order valence-electron chi connectivity index (χ4n) is 1.41. The Kier molecular flexibility index (Phi) is 5.53. The Morgan fingerprint density at radius 3 is 3.08 bits per heavy atom. The summed E-state index contributed by atoms with van der Waals surface area (Å²) in [7, 11) is 0. The Labute approximate surface area is 80.0 Å². The summed E-state index contributed by atoms with van der Waals surface area (Å²) in [6.45, 7) is 4.29. The van der Waals surface area contributed by atoms with Crippen molar-refractivity contribution in [1.29, 1.82) is 0 Å². The third-order valence-corrected chi connectivity index (χ3v) is 3.54. The second kappa shape index (κ2) is 6.55. The van der Waals surface area contributed by atoms with Gasteiger partial charge in [-0.15, -0.1) is 0 Å². The molecule has 1 heterocycles. The Morgan fingerprint density at radius 2 is 2.42 bits per heavy atom. The van der Waals surface area contributed by atoms with E-state index >= 15 is 0 Å². The zero-order valence-electron chi connectivity index (χ0n) is 7.88. The van der Waals surface area contributed by atoms with Gasteiger partial charge in [-0.2, -0.15) is 11.8 Å². The Morgan fingerprint density at radius 1 is 1.50 bits per heavy atom. The molecular formula is C10H19NS. The highest BCUT2D eigenvalue weighted by molar-refractivity contribution is 7.99. The summed E-state index contributed by atoms with van der Waals surface area (Å²) >= 11 is 2.13. The molecule has 70 valence electrons. The van der Waals surface area contributed by atoms with E-state index in [0.717, 1.165) is 11.8 Å². The largest absolute Gasteiger partial charge is 0.312 e. The van der Waals surface area contributed by atoms with Gasteiger partial charge in [-0.25, -0.2) is 0 Å². The predicted octanol–water partition coefficient (Wildman–Crippen LogP) is 2.44. The van der Waals surface area contributed by atoms with Crippen LogP contribution < -0.4 is 5.32 Å². The van der Waals surface area contributed by atoms with E-state index in [1.165, 1.54) is 31.6 Å². The Hall–Kier alpha value is 0.0500. The monoisotopic (exact) mass is 185 g/mol. The predicted molar refractivity (Wildman–Crippen MR) is 57.8 cm³/mol. The van der Waals surface area contributed by atoms with E-state index < -0.39 is 0 Å². The van der Waals surface area contributed by atoms with Crippen molar-refractivity contribution >= 4 is 11.8 Å². The molecule has 0 saturated carbocycles. The van der Waals surface area contributed by atoms with Gasteiger partial charge in [0, 0.05) is 18.3 Å². The molecule has 1 rings (SSSR count). The topological polar surface area (TPSA) is 12.0 Å². The van der Waals surface area contributed by atoms with Crippen molar-refractivity contribution in [3.63, 3.8) is 0 Å². The van der Waals surface area contributed by atoms with Crippen LogP contribution in [-0.2, 0) is 0 Å². The molecule has 1 unspecified atom stereocenters. The number of thioether (sulfide) groups is 1. The standard InChI is InChI=1S/C10H19NS/c1-2-3-7-11-9-10-6-4-5-8-12-10/h2-3,10-11H,4-9H2,1H3/b3-2+. The van der Waals surface area contributed by atoms with E-state index in [4.69, 9.17) is 0 Å². The van der Waals surface area contributed by atoms with E-state index in [2.05, 4.69) is 36.2 Å². The van der Waals surface area contributed by atoms with Gasteiger partial charge in [0.1, 0.15) is 0 Å². The molecule has 1 aliphatic rings. The van der Waals surface area contributed by atoms with Crippen LogP contribution in [0.3, 0.4) is 0 Å². The maximum absolute atomic E-state index is 3.45. The van der Waals surface area contributed by atoms with E-state index in [9.17, 15) is 0 Å². The molecule has 0 radical (unpaired) electrons. The highest BCUT2D eigenvalue weighted by Crippen LogP contribution is 2.23. The van der Waals surface area contributed by atoms with Gasteiger partial charge in [0.05, 0.1) is 0 Å². The molecule has 0 aromatic rings. The molecule has 1 aliphatic heterocycles. The lowest BCUT2D eigenvalue weighted by Crippen LogP contribution is -2.26. The first-order valence-electron chi connectivity index (χ1n) is 4.87. The summed E-state index contributed by atoms with van der Waals surface area (Å²) in [6.07, 6.45) is 8.54. The molecule has 1 saturated heterocycles. The van der Waals surface area contributed by atoms with Crippen LogP contribution >= 0.6 is 11.8 Å². The minimum atomic E-state index is 0.879. The second-order valence-electron chi connectivity index (χ2n) is 3.22. The van der Waals surface area contributed by atoms with Crippen molar-refractivity contribution in [2.75, 3.05) is 18.8 Å². The molecule has 0 aromatic heterocycles. The molecule has 0 amide bonds. The fraction of sp³-hybridized carbons (Fsp3) is 0.800. The van der Waals surface area contributed by atoms with Crippen molar-refractivity contribution in [2.45, 2.75) is 31.4 Å². The zero-order valence-corrected chi connectivity index (χ0v) is 8.70. The highest BCUT2D eigenvalue weighted by atomic mass is 32.2. The number of hydrogen-bond donors (Lipinski definition) is 1. The van der Waals surface area contributed by atoms with Crippen LogP contribution in [0.1, 0.15) is 26.2 Å². The number of rotatable bonds is 4. The molecule has 2 heteroatoms. The summed E-state index contributed by atoms with van der Waals surface area (Å²) in [5, 5.41) is 4.33. The lowest BCUT2D eigenvalue weighted by atomic mass is 10.2. The first-order valence-corrected chi connectivity index (χ1v) is 5.92. The Bertz CT molecular complexity index is 128. The maximum atomic E-state index is 3.45. The van der Waals surface area contributed by atoms with Crippen LogP contribution in [0, 0.1) is 0 Å². The van der Waals surface area contributed by atoms with Crippen molar-refractivity contribution in [1.82, 2.24) is 5.32 Å². The minimum Gasteiger partial charge on any atom is -0.312 e. The van der Waals surface area contributed by atoms with Gasteiger partial charge in [0.2, 0.25) is 0 Å². The van der Waals surface area contributed by atoms with E-state index in [0.29, 0.717) is 0 Å². The molecule has 1 atom stereocenters. The average Bonchev–Trinajstić information content (AvgIpc) is 2.14. The molecule has 0 aromatic carbocycles. The summed E-state index contributed by atoms with van der Waals surface area (Å²) in [5.74, 6) is 1.37. The normalized spacial score (nSPS) is 24.9. The molecular weight excluding hydrogens is 166 g/mol. The summed E-state index contributed by atoms with van der Waals surface area (Å²) in [6, 6.07) is 0. The minimum absolute atomic E-state index is 0.879. The molecule has 12 heavy (non-hydrogen) atoms. The van der Waals surface area contributed by atoms with Crippen molar-refractivity contribution in [3.8, 4) is 0 Å². The molecule has 1 fully saturated rings. The second-order valence-corrected chi connectivity index (χ2v) is 4.62. The molecule has 0 aliphatic carbocycles. The van der Waals surface area contributed by atoms with Gasteiger partial charge >= 0.3 is 0 Å². The van der Waals surface area contributed by atoms with Crippen molar-refractivity contribution in [3.05, 3.63) is 12.2 Å². The fourth-order valence-corrected chi connectivity index (χ4v) is 2.69. The van der Waals surface area contributed by atoms with E-state index in [-0.39, 0.29) is 0 Å². The van der Waals surface area contributed by atoms with Crippen LogP contribution in [0.5, 0.6) is 0 Å². The smallest absolute Gasteiger partial charge is 0.0172 e. The van der Waals surface area contributed by atoms with E-state index in [1.54, 1.807) is 0 Å². The Balaban J connectivity index is 1.97. The lowest BCUT2D eigenvalue weighted by molar-refractivity contribution is 0.618. The van der Waals surface area contributed by atoms with Crippen LogP contribution in [0.4, 0.5) is 0 Å². The van der Waals surface area contributed by atoms with Gasteiger partial charge in [-0.3, -0.25) is 0 Å². The molecule has 1 N–H and O–H groups in total. The van der Waals surface area contributed by atoms with Crippen LogP contribution in [-0.4, -0.2) is 24.1 Å². The van der Waals surface area contributed by atoms with E-state index in [1.807, 2.05) is 0 Å². The zero-order chi connectivity index (χ0) is 8.65. The summed E-state index contributed by atoms with van der Waals surface area (Å²) in [5.41, 5.74) is 0. The third kappa shape index (κ3) is 4.17. The van der Waals surface area contributed by atoms with Gasteiger partial charge in [-0.05, 0) is 25.5 Å². The van der Waals surface area contributed by atoms with Crippen LogP contribution in [0.25, 0.3) is 0 Å². The third-order valence-electron chi connectivity index (χ3n) is 2.14. The van der Waals surface area contributed by atoms with Crippen molar-refractivity contribution < 1.29 is 0 Å². The van der Waals surface area contributed by atoms with Crippen LogP contribution in [0.2, 0.25) is 0 Å². The van der Waals surface area contributed by atoms with Gasteiger partial charge in [0.25, 0.3) is 0 Å². The average molecular weight is 185 g/mol. The number of nitrogens with one attached hydrogen (secondary N) is 1. The van der Waals surface area contributed by atoms with Gasteiger partial charge < -0.3 is 5.32 Å². The van der Waals surface area contributed by atoms with Crippen molar-refractivity contribution in [2.24, 2.45) is 0 Å². The maximum Gasteiger partial charge on any atom is 0.0172 e. The molecule has 0 spiro atoms. The van der Waals surface area contributed by atoms with Gasteiger partial charge in [0.15, 0.2) is 0 Å². The SMILES string of the molecule is C/C=C/CNCC1CCCCS1. The first kappa shape index (κ1) is 10.1. The number of allylic oxidation sites excluding steroid dienone is 1. The number of hydrogen-bond acceptors (Lipinski definition) is 2. The quantitative estimate of drug-likeness (QED) is 0.533. The molecule has 1 nitrogen and oxygen atoms in total. The summed E-state index contributed by atoms with van der Waals surface area (Å²) in [4.78, 5) is 0. The molecule has 0 bridgehead atoms. The lowest BCUT2D eigenvalue weighted by Gasteiger charge is -2.21. The van der Waals surface area contributed by atoms with Crippen LogP contribution in [0.15, 0.2) is 12.2 Å². The highest BCUT2D eigenvalue weighted by Gasteiger charge is 2.12. The summed E-state index contributed by atoms with van der Waals surface area (Å²) < 4.78 is 0.